The van der Waals surface area contributed by atoms with Crippen molar-refractivity contribution in [2.24, 2.45) is 0 Å². The lowest BCUT2D eigenvalue weighted by molar-refractivity contribution is 0.0983. The zero-order valence-electron chi connectivity index (χ0n) is 13.2. The van der Waals surface area contributed by atoms with Crippen molar-refractivity contribution < 1.29 is 4.79 Å². The Hall–Kier alpha value is -2.13. The van der Waals surface area contributed by atoms with Crippen molar-refractivity contribution in [1.29, 1.82) is 0 Å². The number of hydrogen-bond acceptors (Lipinski definition) is 2. The summed E-state index contributed by atoms with van der Waals surface area (Å²) in [6.45, 7) is 1.55. The third-order valence-corrected chi connectivity index (χ3v) is 4.21. The predicted molar refractivity (Wildman–Crippen MR) is 90.5 cm³/mol. The summed E-state index contributed by atoms with van der Waals surface area (Å²) in [5.74, 6) is 0.115. The molecule has 0 spiro atoms. The number of benzene rings is 2. The number of aryl methyl sites for hydroxylation is 2. The van der Waals surface area contributed by atoms with Gasteiger partial charge in [-0.3, -0.25) is 4.79 Å². The van der Waals surface area contributed by atoms with Gasteiger partial charge in [-0.15, -0.1) is 0 Å². The Labute approximate surface area is 132 Å². The van der Waals surface area contributed by atoms with Crippen LogP contribution in [0.15, 0.2) is 48.5 Å². The van der Waals surface area contributed by atoms with Gasteiger partial charge in [-0.2, -0.15) is 0 Å². The molecule has 0 aliphatic carbocycles. The molecule has 0 fully saturated rings. The minimum Gasteiger partial charge on any atom is -0.308 e. The van der Waals surface area contributed by atoms with E-state index in [2.05, 4.69) is 29.2 Å². The van der Waals surface area contributed by atoms with Crippen molar-refractivity contribution >= 4 is 11.6 Å². The van der Waals surface area contributed by atoms with E-state index in [0.29, 0.717) is 6.54 Å². The van der Waals surface area contributed by atoms with E-state index >= 15 is 0 Å². The maximum atomic E-state index is 13.1. The topological polar surface area (TPSA) is 23.6 Å². The second-order valence-corrected chi connectivity index (χ2v) is 6.05. The summed E-state index contributed by atoms with van der Waals surface area (Å²) in [5, 5.41) is 0. The molecule has 0 N–H and O–H groups in total. The molecule has 114 valence electrons. The molecular weight excluding hydrogens is 272 g/mol. The van der Waals surface area contributed by atoms with Crippen LogP contribution in [-0.4, -0.2) is 38.0 Å². The van der Waals surface area contributed by atoms with Crippen LogP contribution in [-0.2, 0) is 12.8 Å². The normalized spacial score (nSPS) is 14.3. The molecule has 2 aromatic rings. The van der Waals surface area contributed by atoms with E-state index in [1.165, 1.54) is 5.56 Å². The highest BCUT2D eigenvalue weighted by Crippen LogP contribution is 2.28. The molecule has 1 heterocycles. The number of anilines is 1. The van der Waals surface area contributed by atoms with Crippen molar-refractivity contribution in [1.82, 2.24) is 4.90 Å². The highest BCUT2D eigenvalue weighted by molar-refractivity contribution is 6.07. The van der Waals surface area contributed by atoms with Crippen LogP contribution in [0.25, 0.3) is 0 Å². The molecule has 0 aromatic heterocycles. The van der Waals surface area contributed by atoms with Crippen molar-refractivity contribution in [2.45, 2.75) is 12.8 Å². The minimum atomic E-state index is 0.115. The van der Waals surface area contributed by atoms with Crippen molar-refractivity contribution in [3.05, 3.63) is 65.2 Å². The summed E-state index contributed by atoms with van der Waals surface area (Å²) < 4.78 is 0. The Morgan fingerprint density at radius 3 is 2.36 bits per heavy atom. The summed E-state index contributed by atoms with van der Waals surface area (Å²) in [7, 11) is 4.07. The van der Waals surface area contributed by atoms with Gasteiger partial charge >= 0.3 is 0 Å². The van der Waals surface area contributed by atoms with Gasteiger partial charge in [0.05, 0.1) is 0 Å². The summed E-state index contributed by atoms with van der Waals surface area (Å²) in [4.78, 5) is 17.1. The molecule has 1 amide bonds. The van der Waals surface area contributed by atoms with Crippen molar-refractivity contribution in [3.63, 3.8) is 0 Å². The standard InChI is InChI=1S/C19H22N2O/c1-20(2)13-14-21-18-10-6-4-8-16(18)12-11-15-7-3-5-9-17(15)19(21)22/h3-10H,11-14H2,1-2H3. The highest BCUT2D eigenvalue weighted by Gasteiger charge is 2.24. The van der Waals surface area contributed by atoms with Crippen LogP contribution in [0, 0.1) is 0 Å². The van der Waals surface area contributed by atoms with E-state index in [1.54, 1.807) is 0 Å². The van der Waals surface area contributed by atoms with Crippen LogP contribution in [0.5, 0.6) is 0 Å². The van der Waals surface area contributed by atoms with E-state index in [9.17, 15) is 4.79 Å². The zero-order valence-corrected chi connectivity index (χ0v) is 13.2. The highest BCUT2D eigenvalue weighted by atomic mass is 16.2. The van der Waals surface area contributed by atoms with Crippen LogP contribution in [0.4, 0.5) is 5.69 Å². The van der Waals surface area contributed by atoms with Crippen LogP contribution in [0.2, 0.25) is 0 Å². The number of likely N-dealkylation sites (N-methyl/N-ethyl adjacent to an activating group) is 1. The van der Waals surface area contributed by atoms with Gasteiger partial charge < -0.3 is 9.80 Å². The molecule has 0 atom stereocenters. The number of amides is 1. The molecular formula is C19H22N2O. The molecule has 0 bridgehead atoms. The third kappa shape index (κ3) is 2.90. The second-order valence-electron chi connectivity index (χ2n) is 6.05. The first-order valence-electron chi connectivity index (χ1n) is 7.79. The van der Waals surface area contributed by atoms with Gasteiger partial charge in [0.15, 0.2) is 0 Å². The number of fused-ring (bicyclic) bond motifs is 2. The Bertz CT molecular complexity index is 679. The summed E-state index contributed by atoms with van der Waals surface area (Å²) in [6.07, 6.45) is 1.89. The lowest BCUT2D eigenvalue weighted by atomic mass is 9.95. The fraction of sp³-hybridized carbons (Fsp3) is 0.316. The minimum absolute atomic E-state index is 0.115. The third-order valence-electron chi connectivity index (χ3n) is 4.21. The van der Waals surface area contributed by atoms with Crippen molar-refractivity contribution in [2.75, 3.05) is 32.1 Å². The second kappa shape index (κ2) is 6.32. The van der Waals surface area contributed by atoms with E-state index in [-0.39, 0.29) is 5.91 Å². The molecule has 3 nitrogen and oxygen atoms in total. The van der Waals surface area contributed by atoms with Gasteiger partial charge in [0, 0.05) is 24.3 Å². The monoisotopic (exact) mass is 294 g/mol. The van der Waals surface area contributed by atoms with Crippen LogP contribution >= 0.6 is 0 Å². The maximum absolute atomic E-state index is 13.1. The Morgan fingerprint density at radius 2 is 1.59 bits per heavy atom. The molecule has 1 aliphatic rings. The maximum Gasteiger partial charge on any atom is 0.258 e. The Morgan fingerprint density at radius 1 is 0.955 bits per heavy atom. The van der Waals surface area contributed by atoms with Crippen LogP contribution in [0.1, 0.15) is 21.5 Å². The quantitative estimate of drug-likeness (QED) is 0.869. The largest absolute Gasteiger partial charge is 0.308 e. The summed E-state index contributed by atoms with van der Waals surface area (Å²) >= 11 is 0. The summed E-state index contributed by atoms with van der Waals surface area (Å²) in [6, 6.07) is 16.3. The van der Waals surface area contributed by atoms with Gasteiger partial charge in [0.1, 0.15) is 0 Å². The zero-order chi connectivity index (χ0) is 15.5. The van der Waals surface area contributed by atoms with E-state index in [0.717, 1.165) is 36.2 Å². The fourth-order valence-corrected chi connectivity index (χ4v) is 2.98. The molecule has 0 unspecified atom stereocenters. The van der Waals surface area contributed by atoms with Crippen molar-refractivity contribution in [3.8, 4) is 0 Å². The van der Waals surface area contributed by atoms with Gasteiger partial charge in [-0.05, 0) is 50.2 Å². The first kappa shape index (κ1) is 14.8. The molecule has 2 aromatic carbocycles. The summed E-state index contributed by atoms with van der Waals surface area (Å²) in [5.41, 5.74) is 4.31. The molecule has 0 saturated carbocycles. The van der Waals surface area contributed by atoms with E-state index < -0.39 is 0 Å². The number of nitrogens with zero attached hydrogens (tertiary/aromatic N) is 2. The molecule has 1 aliphatic heterocycles. The van der Waals surface area contributed by atoms with Gasteiger partial charge in [-0.1, -0.05) is 36.4 Å². The molecule has 3 heteroatoms. The number of para-hydroxylation sites is 1. The smallest absolute Gasteiger partial charge is 0.258 e. The van der Waals surface area contributed by atoms with Crippen LogP contribution < -0.4 is 4.90 Å². The number of rotatable bonds is 3. The Balaban J connectivity index is 2.04. The molecule has 0 radical (unpaired) electrons. The van der Waals surface area contributed by atoms with E-state index in [1.807, 2.05) is 43.3 Å². The van der Waals surface area contributed by atoms with Gasteiger partial charge in [0.25, 0.3) is 5.91 Å². The lowest BCUT2D eigenvalue weighted by Gasteiger charge is -2.29. The van der Waals surface area contributed by atoms with E-state index in [4.69, 9.17) is 0 Å². The first-order chi connectivity index (χ1) is 10.7. The number of carbonyl (C=O) groups excluding carboxylic acids is 1. The van der Waals surface area contributed by atoms with Gasteiger partial charge in [0.2, 0.25) is 0 Å². The van der Waals surface area contributed by atoms with Crippen LogP contribution in [0.3, 0.4) is 0 Å². The molecule has 0 saturated heterocycles. The first-order valence-corrected chi connectivity index (χ1v) is 7.79. The lowest BCUT2D eigenvalue weighted by Crippen LogP contribution is -2.38. The number of carbonyl (C=O) groups is 1. The SMILES string of the molecule is CN(C)CCN1C(=O)c2ccccc2CCc2ccccc21. The molecule has 3 rings (SSSR count). The Kier molecular flexibility index (Phi) is 4.25. The molecule has 22 heavy (non-hydrogen) atoms. The fourth-order valence-electron chi connectivity index (χ4n) is 2.98. The predicted octanol–water partition coefficient (Wildman–Crippen LogP) is 2.99. The van der Waals surface area contributed by atoms with Gasteiger partial charge in [-0.25, -0.2) is 0 Å². The number of hydrogen-bond donors (Lipinski definition) is 0. The average molecular weight is 294 g/mol. The average Bonchev–Trinajstić information content (AvgIpc) is 2.52.